The summed E-state index contributed by atoms with van der Waals surface area (Å²) in [6.45, 7) is 1.59. The molecule has 30 heavy (non-hydrogen) atoms. The van der Waals surface area contributed by atoms with Crippen molar-refractivity contribution in [2.45, 2.75) is 13.3 Å². The van der Waals surface area contributed by atoms with E-state index in [1.807, 2.05) is 0 Å². The molecule has 1 aliphatic rings. The number of benzene rings is 2. The molecule has 2 aromatic rings. The number of para-hydroxylation sites is 1. The monoisotopic (exact) mass is 417 g/mol. The first-order valence-corrected chi connectivity index (χ1v) is 8.98. The van der Waals surface area contributed by atoms with Crippen LogP contribution in [0.25, 0.3) is 0 Å². The Kier molecular flexibility index (Phi) is 6.25. The predicted molar refractivity (Wildman–Crippen MR) is 102 cm³/mol. The molecule has 1 aliphatic heterocycles. The third-order valence-corrected chi connectivity index (χ3v) is 4.56. The number of carbonyl (C=O) groups excluding carboxylic acids is 2. The Morgan fingerprint density at radius 2 is 1.80 bits per heavy atom. The molecule has 0 fully saturated rings. The molecule has 0 bridgehead atoms. The van der Waals surface area contributed by atoms with Crippen LogP contribution in [0.4, 0.5) is 18.0 Å². The summed E-state index contributed by atoms with van der Waals surface area (Å²) < 4.78 is 51.2. The molecule has 2 aromatic carbocycles. The van der Waals surface area contributed by atoms with Crippen molar-refractivity contribution in [3.05, 3.63) is 89.0 Å². The number of ether oxygens (including phenoxy) is 2. The summed E-state index contributed by atoms with van der Waals surface area (Å²) in [4.78, 5) is 25.9. The van der Waals surface area contributed by atoms with E-state index in [0.717, 1.165) is 18.1 Å². The van der Waals surface area contributed by atoms with Gasteiger partial charge >= 0.3 is 12.1 Å². The Labute approximate surface area is 171 Å². The van der Waals surface area contributed by atoms with Gasteiger partial charge in [-0.3, -0.25) is 4.90 Å². The molecule has 0 radical (unpaired) electrons. The smallest absolute Gasteiger partial charge is 0.423 e. The number of hydrogen-bond donors (Lipinski definition) is 0. The number of allylic oxidation sites excluding steroid dienone is 2. The number of amides is 1. The van der Waals surface area contributed by atoms with E-state index in [1.54, 1.807) is 37.3 Å². The third-order valence-electron chi connectivity index (χ3n) is 4.56. The van der Waals surface area contributed by atoms with Gasteiger partial charge in [-0.05, 0) is 37.1 Å². The topological polar surface area (TPSA) is 55.8 Å². The van der Waals surface area contributed by atoms with E-state index in [-0.39, 0.29) is 17.6 Å². The van der Waals surface area contributed by atoms with Gasteiger partial charge in [0, 0.05) is 23.9 Å². The lowest BCUT2D eigenvalue weighted by Crippen LogP contribution is -2.33. The molecule has 0 aromatic heterocycles. The zero-order valence-corrected chi connectivity index (χ0v) is 16.2. The van der Waals surface area contributed by atoms with Crippen LogP contribution in [0.15, 0.2) is 66.0 Å². The lowest BCUT2D eigenvalue weighted by molar-refractivity contribution is -0.136. The Morgan fingerprint density at radius 3 is 2.47 bits per heavy atom. The highest BCUT2D eigenvalue weighted by molar-refractivity contribution is 5.91. The fourth-order valence-electron chi connectivity index (χ4n) is 3.12. The SMILES string of the molecule is COC(=O)C1=CN(C(=O)Oc2ccccc2)C(C)=CC1Cc1cc(F)cc(F)c1F. The Bertz CT molecular complexity index is 1030. The molecule has 1 amide bonds. The van der Waals surface area contributed by atoms with E-state index in [1.165, 1.54) is 12.3 Å². The zero-order valence-electron chi connectivity index (χ0n) is 16.2. The van der Waals surface area contributed by atoms with Crippen LogP contribution in [0.1, 0.15) is 12.5 Å². The van der Waals surface area contributed by atoms with Gasteiger partial charge in [-0.1, -0.05) is 24.3 Å². The Hall–Kier alpha value is -3.55. The van der Waals surface area contributed by atoms with E-state index >= 15 is 0 Å². The molecule has 0 saturated carbocycles. The molecule has 0 N–H and O–H groups in total. The van der Waals surface area contributed by atoms with Gasteiger partial charge in [0.2, 0.25) is 0 Å². The van der Waals surface area contributed by atoms with Crippen LogP contribution in [0, 0.1) is 23.4 Å². The third kappa shape index (κ3) is 4.53. The molecule has 156 valence electrons. The number of hydrogen-bond acceptors (Lipinski definition) is 4. The van der Waals surface area contributed by atoms with Gasteiger partial charge in [-0.2, -0.15) is 0 Å². The van der Waals surface area contributed by atoms with Crippen LogP contribution < -0.4 is 4.74 Å². The van der Waals surface area contributed by atoms with Crippen molar-refractivity contribution in [1.82, 2.24) is 4.90 Å². The first-order chi connectivity index (χ1) is 14.3. The van der Waals surface area contributed by atoms with Gasteiger partial charge < -0.3 is 9.47 Å². The van der Waals surface area contributed by atoms with E-state index < -0.39 is 35.4 Å². The fourth-order valence-corrected chi connectivity index (χ4v) is 3.12. The second-order valence-corrected chi connectivity index (χ2v) is 6.61. The van der Waals surface area contributed by atoms with Gasteiger partial charge in [0.1, 0.15) is 11.6 Å². The summed E-state index contributed by atoms with van der Waals surface area (Å²) in [5.74, 6) is -4.68. The highest BCUT2D eigenvalue weighted by Crippen LogP contribution is 2.30. The molecule has 3 rings (SSSR count). The standard InChI is InChI=1S/C22H18F3NO4/c1-13-8-14(9-15-10-16(23)11-19(24)20(15)25)18(21(27)29-2)12-26(13)22(28)30-17-6-4-3-5-7-17/h3-8,10-12,14H,9H2,1-2H3. The Balaban J connectivity index is 1.90. The summed E-state index contributed by atoms with van der Waals surface area (Å²) in [5, 5.41) is 0. The number of nitrogens with zero attached hydrogens (tertiary/aromatic N) is 1. The van der Waals surface area contributed by atoms with Crippen LogP contribution in [0.3, 0.4) is 0 Å². The van der Waals surface area contributed by atoms with Crippen LogP contribution >= 0.6 is 0 Å². The van der Waals surface area contributed by atoms with Crippen LogP contribution in [-0.2, 0) is 16.0 Å². The highest BCUT2D eigenvalue weighted by Gasteiger charge is 2.30. The molecule has 1 heterocycles. The summed E-state index contributed by atoms with van der Waals surface area (Å²) in [6.07, 6.45) is 1.77. The average Bonchev–Trinajstić information content (AvgIpc) is 2.72. The minimum absolute atomic E-state index is 0.0113. The molecule has 5 nitrogen and oxygen atoms in total. The van der Waals surface area contributed by atoms with Gasteiger partial charge in [-0.25, -0.2) is 22.8 Å². The Morgan fingerprint density at radius 1 is 1.10 bits per heavy atom. The summed E-state index contributed by atoms with van der Waals surface area (Å²) in [5.41, 5.74) is 0.166. The number of methoxy groups -OCH3 is 1. The van der Waals surface area contributed by atoms with E-state index in [4.69, 9.17) is 9.47 Å². The maximum Gasteiger partial charge on any atom is 0.423 e. The second-order valence-electron chi connectivity index (χ2n) is 6.61. The van der Waals surface area contributed by atoms with Crippen molar-refractivity contribution in [2.75, 3.05) is 7.11 Å². The van der Waals surface area contributed by atoms with E-state index in [0.29, 0.717) is 17.5 Å². The largest absolute Gasteiger partial charge is 0.466 e. The van der Waals surface area contributed by atoms with Crippen molar-refractivity contribution in [1.29, 1.82) is 0 Å². The van der Waals surface area contributed by atoms with Crippen LogP contribution in [0.5, 0.6) is 5.75 Å². The quantitative estimate of drug-likeness (QED) is 0.533. The first kappa shape index (κ1) is 21.2. The van der Waals surface area contributed by atoms with Crippen molar-refractivity contribution in [3.8, 4) is 5.75 Å². The molecule has 0 spiro atoms. The molecular weight excluding hydrogens is 399 g/mol. The summed E-state index contributed by atoms with van der Waals surface area (Å²) in [7, 11) is 1.15. The number of carbonyl (C=O) groups is 2. The lowest BCUT2D eigenvalue weighted by atomic mass is 9.89. The fraction of sp³-hybridized carbons (Fsp3) is 0.182. The minimum Gasteiger partial charge on any atom is -0.466 e. The van der Waals surface area contributed by atoms with Crippen LogP contribution in [0.2, 0.25) is 0 Å². The normalized spacial score (nSPS) is 15.9. The van der Waals surface area contributed by atoms with Gasteiger partial charge in [0.25, 0.3) is 0 Å². The van der Waals surface area contributed by atoms with E-state index in [9.17, 15) is 22.8 Å². The van der Waals surface area contributed by atoms with Crippen molar-refractivity contribution in [2.24, 2.45) is 5.92 Å². The molecule has 0 aliphatic carbocycles. The second kappa shape index (κ2) is 8.86. The molecule has 1 atom stereocenters. The molecular formula is C22H18F3NO4. The first-order valence-electron chi connectivity index (χ1n) is 8.98. The van der Waals surface area contributed by atoms with Gasteiger partial charge in [-0.15, -0.1) is 0 Å². The minimum atomic E-state index is -1.32. The predicted octanol–water partition coefficient (Wildman–Crippen LogP) is 4.74. The van der Waals surface area contributed by atoms with Crippen molar-refractivity contribution in [3.63, 3.8) is 0 Å². The molecule has 8 heteroatoms. The van der Waals surface area contributed by atoms with Crippen molar-refractivity contribution >= 4 is 12.1 Å². The maximum absolute atomic E-state index is 14.1. The van der Waals surface area contributed by atoms with Crippen molar-refractivity contribution < 1.29 is 32.2 Å². The zero-order chi connectivity index (χ0) is 21.8. The van der Waals surface area contributed by atoms with Gasteiger partial charge in [0.15, 0.2) is 11.6 Å². The van der Waals surface area contributed by atoms with Gasteiger partial charge in [0.05, 0.1) is 12.7 Å². The van der Waals surface area contributed by atoms with E-state index in [2.05, 4.69) is 0 Å². The number of esters is 1. The molecule has 1 unspecified atom stereocenters. The summed E-state index contributed by atoms with van der Waals surface area (Å²) in [6, 6.07) is 9.65. The van der Waals surface area contributed by atoms with Crippen LogP contribution in [-0.4, -0.2) is 24.1 Å². The highest BCUT2D eigenvalue weighted by atomic mass is 19.2. The maximum atomic E-state index is 14.1. The molecule has 0 saturated heterocycles. The number of halogens is 3. The lowest BCUT2D eigenvalue weighted by Gasteiger charge is -2.28. The number of rotatable bonds is 4. The average molecular weight is 417 g/mol. The summed E-state index contributed by atoms with van der Waals surface area (Å²) >= 11 is 0.